The lowest BCUT2D eigenvalue weighted by atomic mass is 9.85. The van der Waals surface area contributed by atoms with E-state index < -0.39 is 0 Å². The maximum atomic E-state index is 4.08. The Morgan fingerprint density at radius 3 is 2.82 bits per heavy atom. The third-order valence-electron chi connectivity index (χ3n) is 2.47. The Labute approximate surface area is 69.4 Å². The van der Waals surface area contributed by atoms with Gasteiger partial charge in [-0.15, -0.1) is 0 Å². The summed E-state index contributed by atoms with van der Waals surface area (Å²) in [5.74, 6) is 0. The molecule has 1 heterocycles. The van der Waals surface area contributed by atoms with Crippen LogP contribution in [0.5, 0.6) is 0 Å². The summed E-state index contributed by atoms with van der Waals surface area (Å²) in [5.41, 5.74) is 1.48. The Morgan fingerprint density at radius 1 is 1.55 bits per heavy atom. The van der Waals surface area contributed by atoms with E-state index in [4.69, 9.17) is 0 Å². The minimum atomic E-state index is 0.262. The van der Waals surface area contributed by atoms with E-state index in [1.807, 2.05) is 0 Å². The minimum absolute atomic E-state index is 0.262. The molecule has 0 aromatic rings. The van der Waals surface area contributed by atoms with Crippen molar-refractivity contribution in [3.05, 3.63) is 24.6 Å². The van der Waals surface area contributed by atoms with E-state index in [0.29, 0.717) is 0 Å². The van der Waals surface area contributed by atoms with Crippen molar-refractivity contribution in [3.63, 3.8) is 0 Å². The standard InChI is InChI=1S/C10H17N/c1-9-10(2,3)7-5-6-8-11(9)4/h6,8H,1,5,7H2,2-4H3. The normalized spacial score (nSPS) is 23.5. The molecule has 0 aliphatic carbocycles. The van der Waals surface area contributed by atoms with Gasteiger partial charge in [0.15, 0.2) is 0 Å². The third-order valence-corrected chi connectivity index (χ3v) is 2.47. The van der Waals surface area contributed by atoms with Gasteiger partial charge in [0.2, 0.25) is 0 Å². The van der Waals surface area contributed by atoms with E-state index in [9.17, 15) is 0 Å². The molecule has 0 spiro atoms. The monoisotopic (exact) mass is 151 g/mol. The summed E-state index contributed by atoms with van der Waals surface area (Å²) in [6.45, 7) is 8.58. The average molecular weight is 151 g/mol. The topological polar surface area (TPSA) is 3.24 Å². The molecule has 0 unspecified atom stereocenters. The van der Waals surface area contributed by atoms with Crippen LogP contribution in [-0.2, 0) is 0 Å². The Balaban J connectivity index is 2.82. The van der Waals surface area contributed by atoms with Crippen LogP contribution in [0.4, 0.5) is 0 Å². The van der Waals surface area contributed by atoms with Crippen LogP contribution >= 0.6 is 0 Å². The Morgan fingerprint density at radius 2 is 2.18 bits per heavy atom. The van der Waals surface area contributed by atoms with Gasteiger partial charge in [-0.05, 0) is 19.0 Å². The number of hydrogen-bond donors (Lipinski definition) is 0. The van der Waals surface area contributed by atoms with Gasteiger partial charge in [0.1, 0.15) is 0 Å². The molecule has 0 N–H and O–H groups in total. The highest BCUT2D eigenvalue weighted by atomic mass is 15.1. The summed E-state index contributed by atoms with van der Waals surface area (Å²) in [6.07, 6.45) is 6.68. The summed E-state index contributed by atoms with van der Waals surface area (Å²) in [4.78, 5) is 2.12. The lowest BCUT2D eigenvalue weighted by Crippen LogP contribution is -2.22. The summed E-state index contributed by atoms with van der Waals surface area (Å²) < 4.78 is 0. The highest BCUT2D eigenvalue weighted by Gasteiger charge is 2.24. The van der Waals surface area contributed by atoms with Gasteiger partial charge in [-0.1, -0.05) is 26.5 Å². The molecule has 0 saturated carbocycles. The summed E-state index contributed by atoms with van der Waals surface area (Å²) >= 11 is 0. The zero-order valence-corrected chi connectivity index (χ0v) is 7.72. The molecular weight excluding hydrogens is 134 g/mol. The molecule has 1 rings (SSSR count). The van der Waals surface area contributed by atoms with Crippen molar-refractivity contribution in [1.82, 2.24) is 4.90 Å². The van der Waals surface area contributed by atoms with Crippen molar-refractivity contribution < 1.29 is 0 Å². The highest BCUT2D eigenvalue weighted by molar-refractivity contribution is 5.11. The molecule has 0 bridgehead atoms. The molecule has 0 aromatic heterocycles. The molecule has 0 amide bonds. The van der Waals surface area contributed by atoms with Gasteiger partial charge in [-0.2, -0.15) is 0 Å². The third kappa shape index (κ3) is 1.65. The molecular formula is C10H17N. The maximum absolute atomic E-state index is 4.08. The van der Waals surface area contributed by atoms with Crippen LogP contribution in [-0.4, -0.2) is 11.9 Å². The van der Waals surface area contributed by atoms with E-state index >= 15 is 0 Å². The molecule has 1 heteroatoms. The van der Waals surface area contributed by atoms with Crippen LogP contribution in [0.15, 0.2) is 24.6 Å². The second kappa shape index (κ2) is 2.72. The van der Waals surface area contributed by atoms with Gasteiger partial charge in [-0.25, -0.2) is 0 Å². The van der Waals surface area contributed by atoms with Crippen LogP contribution in [0.1, 0.15) is 26.7 Å². The zero-order valence-electron chi connectivity index (χ0n) is 7.72. The molecule has 11 heavy (non-hydrogen) atoms. The lowest BCUT2D eigenvalue weighted by molar-refractivity contribution is 0.339. The molecule has 1 aliphatic heterocycles. The zero-order chi connectivity index (χ0) is 8.48. The number of hydrogen-bond acceptors (Lipinski definition) is 1. The van der Waals surface area contributed by atoms with Gasteiger partial charge < -0.3 is 4.90 Å². The molecule has 0 saturated heterocycles. The fraction of sp³-hybridized carbons (Fsp3) is 0.600. The molecule has 0 atom stereocenters. The lowest BCUT2D eigenvalue weighted by Gasteiger charge is -2.30. The Bertz CT molecular complexity index is 189. The largest absolute Gasteiger partial charge is 0.355 e. The number of rotatable bonds is 0. The van der Waals surface area contributed by atoms with Gasteiger partial charge in [-0.3, -0.25) is 0 Å². The fourth-order valence-corrected chi connectivity index (χ4v) is 1.39. The number of allylic oxidation sites excluding steroid dienone is 2. The van der Waals surface area contributed by atoms with Crippen LogP contribution in [0.2, 0.25) is 0 Å². The fourth-order valence-electron chi connectivity index (χ4n) is 1.39. The predicted molar refractivity (Wildman–Crippen MR) is 49.1 cm³/mol. The summed E-state index contributed by atoms with van der Waals surface area (Å²) in [7, 11) is 2.06. The van der Waals surface area contributed by atoms with E-state index in [1.54, 1.807) is 0 Å². The molecule has 0 radical (unpaired) electrons. The first kappa shape index (κ1) is 8.38. The second-order valence-corrected chi connectivity index (χ2v) is 3.86. The molecule has 0 fully saturated rings. The van der Waals surface area contributed by atoms with E-state index in [1.165, 1.54) is 12.1 Å². The number of nitrogens with zero attached hydrogens (tertiary/aromatic N) is 1. The molecule has 62 valence electrons. The van der Waals surface area contributed by atoms with Crippen LogP contribution in [0, 0.1) is 5.41 Å². The van der Waals surface area contributed by atoms with Crippen molar-refractivity contribution in [2.45, 2.75) is 26.7 Å². The van der Waals surface area contributed by atoms with Gasteiger partial charge in [0.25, 0.3) is 0 Å². The molecule has 0 aromatic carbocycles. The Kier molecular flexibility index (Phi) is 2.08. The van der Waals surface area contributed by atoms with E-state index in [0.717, 1.165) is 6.42 Å². The summed E-state index contributed by atoms with van der Waals surface area (Å²) in [5, 5.41) is 0. The smallest absolute Gasteiger partial charge is 0.0155 e. The predicted octanol–water partition coefficient (Wildman–Crippen LogP) is 2.77. The van der Waals surface area contributed by atoms with Gasteiger partial charge in [0, 0.05) is 18.2 Å². The SMILES string of the molecule is C=C1N(C)C=CCCC1(C)C. The highest BCUT2D eigenvalue weighted by Crippen LogP contribution is 2.34. The first-order valence-corrected chi connectivity index (χ1v) is 4.13. The average Bonchev–Trinajstić information content (AvgIpc) is 2.03. The second-order valence-electron chi connectivity index (χ2n) is 3.86. The Hall–Kier alpha value is -0.720. The molecule has 1 aliphatic rings. The van der Waals surface area contributed by atoms with Crippen LogP contribution in [0.25, 0.3) is 0 Å². The van der Waals surface area contributed by atoms with Crippen molar-refractivity contribution in [2.75, 3.05) is 7.05 Å². The van der Waals surface area contributed by atoms with E-state index in [-0.39, 0.29) is 5.41 Å². The minimum Gasteiger partial charge on any atom is -0.355 e. The van der Waals surface area contributed by atoms with Crippen LogP contribution < -0.4 is 0 Å². The van der Waals surface area contributed by atoms with Crippen molar-refractivity contribution in [3.8, 4) is 0 Å². The van der Waals surface area contributed by atoms with Crippen molar-refractivity contribution in [2.24, 2.45) is 5.41 Å². The van der Waals surface area contributed by atoms with Crippen molar-refractivity contribution in [1.29, 1.82) is 0 Å². The van der Waals surface area contributed by atoms with E-state index in [2.05, 4.69) is 44.6 Å². The maximum Gasteiger partial charge on any atom is 0.0155 e. The molecule has 1 nitrogen and oxygen atoms in total. The van der Waals surface area contributed by atoms with Crippen molar-refractivity contribution >= 4 is 0 Å². The van der Waals surface area contributed by atoms with Gasteiger partial charge >= 0.3 is 0 Å². The first-order valence-electron chi connectivity index (χ1n) is 4.13. The quantitative estimate of drug-likeness (QED) is 0.514. The van der Waals surface area contributed by atoms with Crippen LogP contribution in [0.3, 0.4) is 0 Å². The first-order chi connectivity index (χ1) is 5.04. The van der Waals surface area contributed by atoms with Gasteiger partial charge in [0.05, 0.1) is 0 Å². The summed E-state index contributed by atoms with van der Waals surface area (Å²) in [6, 6.07) is 0.